The molecule has 0 spiro atoms. The molecule has 1 atom stereocenters. The molecule has 1 unspecified atom stereocenters. The summed E-state index contributed by atoms with van der Waals surface area (Å²) in [7, 11) is 0. The number of benzene rings is 2. The van der Waals surface area contributed by atoms with Gasteiger partial charge in [-0.2, -0.15) is 10.5 Å². The first-order valence-corrected chi connectivity index (χ1v) is 9.56. The molecule has 164 valence electrons. The monoisotopic (exact) mass is 446 g/mol. The average molecular weight is 446 g/mol. The first kappa shape index (κ1) is 21.3. The molecule has 0 saturated heterocycles. The Bertz CT molecular complexity index is 1340. The maximum absolute atomic E-state index is 13.4. The van der Waals surface area contributed by atoms with E-state index in [1.54, 1.807) is 30.5 Å². The highest BCUT2D eigenvalue weighted by molar-refractivity contribution is 5.98. The summed E-state index contributed by atoms with van der Waals surface area (Å²) >= 11 is 0. The Morgan fingerprint density at radius 3 is 2.52 bits per heavy atom. The molecule has 0 bridgehead atoms. The van der Waals surface area contributed by atoms with Crippen LogP contribution >= 0.6 is 0 Å². The lowest BCUT2D eigenvalue weighted by Crippen LogP contribution is -2.32. The zero-order chi connectivity index (χ0) is 23.5. The van der Waals surface area contributed by atoms with Crippen molar-refractivity contribution in [2.45, 2.75) is 12.6 Å². The van der Waals surface area contributed by atoms with E-state index in [2.05, 4.69) is 20.6 Å². The van der Waals surface area contributed by atoms with Gasteiger partial charge in [0, 0.05) is 5.56 Å². The van der Waals surface area contributed by atoms with Gasteiger partial charge in [-0.05, 0) is 35.4 Å². The SMILES string of the molecule is N#CNC1=NC(c2ccc(OCc3ccc(F)c(F)c3)cc2)c2c(nc(N)c(C#N)c2N)N1. The average Bonchev–Trinajstić information content (AvgIpc) is 2.80. The number of nitrogens with two attached hydrogens (primary N) is 2. The predicted octanol–water partition coefficient (Wildman–Crippen LogP) is 2.92. The first-order chi connectivity index (χ1) is 15.9. The van der Waals surface area contributed by atoms with E-state index in [0.717, 1.165) is 12.1 Å². The first-order valence-electron chi connectivity index (χ1n) is 9.56. The van der Waals surface area contributed by atoms with E-state index < -0.39 is 17.7 Å². The third kappa shape index (κ3) is 4.16. The van der Waals surface area contributed by atoms with Crippen LogP contribution in [0.15, 0.2) is 47.5 Å². The van der Waals surface area contributed by atoms with Gasteiger partial charge in [-0.15, -0.1) is 0 Å². The summed E-state index contributed by atoms with van der Waals surface area (Å²) in [4.78, 5) is 8.67. The number of nitrogens with one attached hydrogen (secondary N) is 2. The zero-order valence-corrected chi connectivity index (χ0v) is 16.9. The standard InChI is InChI=1S/C22H16F2N8O/c23-15-6-1-11(7-16(15)24)9-33-13-4-2-12(3-5-13)19-17-18(27)14(8-25)20(28)31-21(17)32-22(30-19)29-10-26/h1-7,19H,9H2,(H6,27,28,29,30,31,32). The van der Waals surface area contributed by atoms with Crippen LogP contribution in [-0.4, -0.2) is 10.9 Å². The highest BCUT2D eigenvalue weighted by Gasteiger charge is 2.29. The molecule has 2 aromatic carbocycles. The number of nitrogens with zero attached hydrogens (tertiary/aromatic N) is 4. The van der Waals surface area contributed by atoms with Crippen LogP contribution in [0.5, 0.6) is 5.75 Å². The number of hydrogen-bond acceptors (Lipinski definition) is 9. The van der Waals surface area contributed by atoms with Gasteiger partial charge in [-0.1, -0.05) is 18.2 Å². The Morgan fingerprint density at radius 2 is 1.85 bits per heavy atom. The predicted molar refractivity (Wildman–Crippen MR) is 117 cm³/mol. The molecule has 0 amide bonds. The Kier molecular flexibility index (Phi) is 5.62. The summed E-state index contributed by atoms with van der Waals surface area (Å²) in [5, 5.41) is 23.6. The van der Waals surface area contributed by atoms with Gasteiger partial charge in [0.25, 0.3) is 0 Å². The van der Waals surface area contributed by atoms with Gasteiger partial charge in [0.1, 0.15) is 41.7 Å². The number of nitriles is 2. The van der Waals surface area contributed by atoms with E-state index in [1.807, 2.05) is 6.07 Å². The van der Waals surface area contributed by atoms with Gasteiger partial charge in [-0.25, -0.2) is 18.8 Å². The molecule has 2 heterocycles. The number of hydrogen-bond donors (Lipinski definition) is 4. The van der Waals surface area contributed by atoms with Gasteiger partial charge in [0.05, 0.1) is 5.69 Å². The van der Waals surface area contributed by atoms with E-state index in [4.69, 9.17) is 21.5 Å². The molecule has 3 aromatic rings. The molecule has 1 aliphatic heterocycles. The zero-order valence-electron chi connectivity index (χ0n) is 16.9. The lowest BCUT2D eigenvalue weighted by Gasteiger charge is -2.26. The fourth-order valence-corrected chi connectivity index (χ4v) is 3.36. The Balaban J connectivity index is 1.63. The number of pyridine rings is 1. The van der Waals surface area contributed by atoms with Gasteiger partial charge in [-0.3, -0.25) is 5.32 Å². The van der Waals surface area contributed by atoms with Crippen LogP contribution in [0.1, 0.15) is 28.3 Å². The number of halogens is 2. The van der Waals surface area contributed by atoms with Crippen molar-refractivity contribution in [3.63, 3.8) is 0 Å². The Labute approximate surface area is 186 Å². The van der Waals surface area contributed by atoms with Crippen molar-refractivity contribution in [1.29, 1.82) is 10.5 Å². The molecular formula is C22H16F2N8O. The summed E-state index contributed by atoms with van der Waals surface area (Å²) in [5.41, 5.74) is 13.8. The summed E-state index contributed by atoms with van der Waals surface area (Å²) in [5.74, 6) is -1.01. The van der Waals surface area contributed by atoms with E-state index in [9.17, 15) is 14.0 Å². The third-order valence-electron chi connectivity index (χ3n) is 4.94. The fraction of sp³-hybridized carbons (Fsp3) is 0.0909. The maximum Gasteiger partial charge on any atom is 0.211 e. The molecule has 11 heteroatoms. The van der Waals surface area contributed by atoms with Crippen LogP contribution in [0.3, 0.4) is 0 Å². The van der Waals surface area contributed by atoms with Crippen molar-refractivity contribution in [3.8, 4) is 18.0 Å². The normalized spacial score (nSPS) is 14.2. The van der Waals surface area contributed by atoms with Gasteiger partial charge >= 0.3 is 0 Å². The maximum atomic E-state index is 13.4. The molecule has 4 rings (SSSR count). The van der Waals surface area contributed by atoms with Crippen LogP contribution in [0.25, 0.3) is 0 Å². The van der Waals surface area contributed by atoms with Gasteiger partial charge < -0.3 is 21.5 Å². The molecule has 1 aliphatic rings. The van der Waals surface area contributed by atoms with E-state index in [1.165, 1.54) is 6.07 Å². The van der Waals surface area contributed by atoms with Crippen molar-refractivity contribution >= 4 is 23.3 Å². The van der Waals surface area contributed by atoms with Crippen LogP contribution in [-0.2, 0) is 6.61 Å². The van der Waals surface area contributed by atoms with Crippen LogP contribution < -0.4 is 26.8 Å². The lowest BCUT2D eigenvalue weighted by molar-refractivity contribution is 0.305. The summed E-state index contributed by atoms with van der Waals surface area (Å²) < 4.78 is 32.1. The summed E-state index contributed by atoms with van der Waals surface area (Å²) in [6.07, 6.45) is 1.78. The summed E-state index contributed by atoms with van der Waals surface area (Å²) in [6, 6.07) is 11.6. The molecule has 6 N–H and O–H groups in total. The number of fused-ring (bicyclic) bond motifs is 1. The minimum absolute atomic E-state index is 0.0407. The molecule has 1 aromatic heterocycles. The topological polar surface area (TPSA) is 158 Å². The highest BCUT2D eigenvalue weighted by atomic mass is 19.2. The van der Waals surface area contributed by atoms with Crippen molar-refractivity contribution in [3.05, 3.63) is 76.4 Å². The van der Waals surface area contributed by atoms with Crippen LogP contribution in [0.4, 0.5) is 26.1 Å². The number of ether oxygens (including phenoxy) is 1. The molecule has 9 nitrogen and oxygen atoms in total. The number of aliphatic imine (C=N–C) groups is 1. The quantitative estimate of drug-likeness (QED) is 0.352. The van der Waals surface area contributed by atoms with E-state index in [0.29, 0.717) is 22.4 Å². The molecule has 0 aliphatic carbocycles. The number of guanidine groups is 1. The lowest BCUT2D eigenvalue weighted by atomic mass is 9.95. The fourth-order valence-electron chi connectivity index (χ4n) is 3.36. The molecule has 33 heavy (non-hydrogen) atoms. The summed E-state index contributed by atoms with van der Waals surface area (Å²) in [6.45, 7) is 0.0444. The molecule has 0 saturated carbocycles. The number of aromatic nitrogens is 1. The van der Waals surface area contributed by atoms with Crippen molar-refractivity contribution in [2.75, 3.05) is 16.8 Å². The van der Waals surface area contributed by atoms with Gasteiger partial charge in [0.15, 0.2) is 17.8 Å². The van der Waals surface area contributed by atoms with Crippen molar-refractivity contribution < 1.29 is 13.5 Å². The highest BCUT2D eigenvalue weighted by Crippen LogP contribution is 2.40. The third-order valence-corrected chi connectivity index (χ3v) is 4.94. The number of nitrogen functional groups attached to an aromatic ring is 2. The number of rotatable bonds is 4. The second-order valence-electron chi connectivity index (χ2n) is 7.01. The smallest absolute Gasteiger partial charge is 0.211 e. The second-order valence-corrected chi connectivity index (χ2v) is 7.01. The minimum atomic E-state index is -0.945. The minimum Gasteiger partial charge on any atom is -0.489 e. The molecule has 0 radical (unpaired) electrons. The van der Waals surface area contributed by atoms with Crippen LogP contribution in [0.2, 0.25) is 0 Å². The van der Waals surface area contributed by atoms with Crippen molar-refractivity contribution in [2.24, 2.45) is 4.99 Å². The van der Waals surface area contributed by atoms with Crippen LogP contribution in [0, 0.1) is 34.4 Å². The Hall–Kier alpha value is -4.90. The number of anilines is 3. The second kappa shape index (κ2) is 8.69. The van der Waals surface area contributed by atoms with E-state index >= 15 is 0 Å². The van der Waals surface area contributed by atoms with E-state index in [-0.39, 0.29) is 35.5 Å². The van der Waals surface area contributed by atoms with Crippen molar-refractivity contribution in [1.82, 2.24) is 10.3 Å². The Morgan fingerprint density at radius 1 is 1.09 bits per heavy atom. The van der Waals surface area contributed by atoms with Gasteiger partial charge in [0.2, 0.25) is 5.96 Å². The molecular weight excluding hydrogens is 430 g/mol. The largest absolute Gasteiger partial charge is 0.489 e. The molecule has 0 fully saturated rings.